The highest BCUT2D eigenvalue weighted by molar-refractivity contribution is 5.69. The third-order valence-corrected chi connectivity index (χ3v) is 2.82. The second-order valence-corrected chi connectivity index (χ2v) is 5.98. The van der Waals surface area contributed by atoms with E-state index in [-0.39, 0.29) is 18.2 Å². The number of aliphatic hydroxyl groups excluding tert-OH is 1. The summed E-state index contributed by atoms with van der Waals surface area (Å²) >= 11 is 0. The highest BCUT2D eigenvalue weighted by Gasteiger charge is 2.31. The summed E-state index contributed by atoms with van der Waals surface area (Å²) in [5, 5.41) is 12.4. The number of likely N-dealkylation sites (tertiary alicyclic amines) is 1. The van der Waals surface area contributed by atoms with Crippen molar-refractivity contribution < 1.29 is 14.6 Å². The van der Waals surface area contributed by atoms with Gasteiger partial charge in [-0.25, -0.2) is 4.79 Å². The summed E-state index contributed by atoms with van der Waals surface area (Å²) in [4.78, 5) is 13.8. The molecule has 0 aromatic carbocycles. The molecule has 18 heavy (non-hydrogen) atoms. The van der Waals surface area contributed by atoms with Gasteiger partial charge in [0.05, 0.1) is 6.10 Å². The van der Waals surface area contributed by atoms with Gasteiger partial charge in [0.25, 0.3) is 0 Å². The highest BCUT2D eigenvalue weighted by Crippen LogP contribution is 2.20. The summed E-state index contributed by atoms with van der Waals surface area (Å²) in [6.45, 7) is 9.40. The number of aliphatic hydroxyl groups is 1. The summed E-state index contributed by atoms with van der Waals surface area (Å²) in [6.07, 6.45) is 1.41. The summed E-state index contributed by atoms with van der Waals surface area (Å²) in [5.41, 5.74) is -0.447. The van der Waals surface area contributed by atoms with E-state index in [2.05, 4.69) is 5.32 Å². The number of nitrogens with zero attached hydrogens (tertiary/aromatic N) is 1. The summed E-state index contributed by atoms with van der Waals surface area (Å²) in [7, 11) is 0. The van der Waals surface area contributed by atoms with Crippen molar-refractivity contribution >= 4 is 6.09 Å². The second kappa shape index (κ2) is 6.38. The maximum atomic E-state index is 12.0. The van der Waals surface area contributed by atoms with Crippen LogP contribution < -0.4 is 5.32 Å². The van der Waals surface area contributed by atoms with Crippen LogP contribution in [0.4, 0.5) is 4.79 Å². The molecule has 2 N–H and O–H groups in total. The van der Waals surface area contributed by atoms with Crippen LogP contribution in [0.25, 0.3) is 0 Å². The molecule has 5 nitrogen and oxygen atoms in total. The molecular weight excluding hydrogens is 232 g/mol. The first-order valence-electron chi connectivity index (χ1n) is 6.68. The van der Waals surface area contributed by atoms with Gasteiger partial charge in [-0.3, -0.25) is 0 Å². The third kappa shape index (κ3) is 5.23. The van der Waals surface area contributed by atoms with Crippen LogP contribution >= 0.6 is 0 Å². The number of hydrogen-bond acceptors (Lipinski definition) is 4. The maximum Gasteiger partial charge on any atom is 0.410 e. The topological polar surface area (TPSA) is 61.8 Å². The molecule has 1 aliphatic heterocycles. The monoisotopic (exact) mass is 258 g/mol. The summed E-state index contributed by atoms with van der Waals surface area (Å²) < 4.78 is 5.39. The normalized spacial score (nSPS) is 22.1. The van der Waals surface area contributed by atoms with Gasteiger partial charge in [-0.05, 0) is 40.5 Å². The van der Waals surface area contributed by atoms with Crippen LogP contribution in [0, 0.1) is 0 Å². The molecule has 5 heteroatoms. The van der Waals surface area contributed by atoms with Gasteiger partial charge >= 0.3 is 6.09 Å². The van der Waals surface area contributed by atoms with Crippen LogP contribution in [0.2, 0.25) is 0 Å². The van der Waals surface area contributed by atoms with Gasteiger partial charge in [-0.2, -0.15) is 0 Å². The Morgan fingerprint density at radius 1 is 1.56 bits per heavy atom. The minimum Gasteiger partial charge on any atom is -0.444 e. The second-order valence-electron chi connectivity index (χ2n) is 5.98. The number of ether oxygens (including phenoxy) is 1. The van der Waals surface area contributed by atoms with Crippen molar-refractivity contribution in [2.24, 2.45) is 0 Å². The average Bonchev–Trinajstić information content (AvgIpc) is 2.62. The molecule has 0 aromatic rings. The number of carbonyl (C=O) groups excluding carboxylic acids is 1. The Hall–Kier alpha value is -0.810. The molecule has 0 saturated carbocycles. The van der Waals surface area contributed by atoms with Gasteiger partial charge in [0, 0.05) is 25.7 Å². The van der Waals surface area contributed by atoms with Crippen molar-refractivity contribution in [2.45, 2.75) is 58.3 Å². The van der Waals surface area contributed by atoms with Crippen LogP contribution in [0.1, 0.15) is 40.5 Å². The Labute approximate surface area is 109 Å². The van der Waals surface area contributed by atoms with Crippen LogP contribution in [0.15, 0.2) is 0 Å². The predicted molar refractivity (Wildman–Crippen MR) is 70.5 cm³/mol. The Kier molecular flexibility index (Phi) is 5.41. The summed E-state index contributed by atoms with van der Waals surface area (Å²) in [6, 6.07) is 0.179. The van der Waals surface area contributed by atoms with Gasteiger partial charge in [0.2, 0.25) is 0 Å². The van der Waals surface area contributed by atoms with E-state index in [0.29, 0.717) is 13.1 Å². The third-order valence-electron chi connectivity index (χ3n) is 2.82. The molecule has 1 saturated heterocycles. The first-order valence-corrected chi connectivity index (χ1v) is 6.68. The first kappa shape index (κ1) is 15.2. The largest absolute Gasteiger partial charge is 0.444 e. The zero-order valence-corrected chi connectivity index (χ0v) is 11.9. The van der Waals surface area contributed by atoms with E-state index >= 15 is 0 Å². The lowest BCUT2D eigenvalue weighted by Crippen LogP contribution is -2.44. The molecule has 2 unspecified atom stereocenters. The SMILES string of the molecule is CC(O)CNCC1CCCN1C(=O)OC(C)(C)C. The van der Waals surface area contributed by atoms with Crippen LogP contribution in [-0.2, 0) is 4.74 Å². The zero-order chi connectivity index (χ0) is 13.8. The van der Waals surface area contributed by atoms with Gasteiger partial charge in [-0.1, -0.05) is 0 Å². The molecule has 1 aliphatic rings. The van der Waals surface area contributed by atoms with Crippen molar-refractivity contribution in [3.05, 3.63) is 0 Å². The lowest BCUT2D eigenvalue weighted by atomic mass is 10.2. The number of amides is 1. The van der Waals surface area contributed by atoms with Crippen molar-refractivity contribution in [2.75, 3.05) is 19.6 Å². The molecule has 0 radical (unpaired) electrons. The minimum absolute atomic E-state index is 0.179. The van der Waals surface area contributed by atoms with Crippen molar-refractivity contribution in [1.82, 2.24) is 10.2 Å². The predicted octanol–water partition coefficient (Wildman–Crippen LogP) is 1.36. The average molecular weight is 258 g/mol. The molecule has 1 amide bonds. The van der Waals surface area contributed by atoms with E-state index in [1.54, 1.807) is 11.8 Å². The molecular formula is C13H26N2O3. The lowest BCUT2D eigenvalue weighted by molar-refractivity contribution is 0.0225. The fourth-order valence-electron chi connectivity index (χ4n) is 2.07. The smallest absolute Gasteiger partial charge is 0.410 e. The van der Waals surface area contributed by atoms with Gasteiger partial charge in [0.1, 0.15) is 5.60 Å². The standard InChI is InChI=1S/C13H26N2O3/c1-10(16)8-14-9-11-6-5-7-15(11)12(17)18-13(2,3)4/h10-11,14,16H,5-9H2,1-4H3. The quantitative estimate of drug-likeness (QED) is 0.799. The number of nitrogens with one attached hydrogen (secondary N) is 1. The molecule has 2 atom stereocenters. The fourth-order valence-corrected chi connectivity index (χ4v) is 2.07. The highest BCUT2D eigenvalue weighted by atomic mass is 16.6. The Bertz CT molecular complexity index is 274. The molecule has 1 fully saturated rings. The summed E-state index contributed by atoms with van der Waals surface area (Å²) in [5.74, 6) is 0. The molecule has 0 aliphatic carbocycles. The lowest BCUT2D eigenvalue weighted by Gasteiger charge is -2.28. The van der Waals surface area contributed by atoms with E-state index in [1.165, 1.54) is 0 Å². The Morgan fingerprint density at radius 2 is 2.22 bits per heavy atom. The van der Waals surface area contributed by atoms with E-state index in [4.69, 9.17) is 4.74 Å². The van der Waals surface area contributed by atoms with Crippen LogP contribution in [-0.4, -0.2) is 53.5 Å². The molecule has 0 bridgehead atoms. The number of carbonyl (C=O) groups is 1. The number of hydrogen-bond donors (Lipinski definition) is 2. The first-order chi connectivity index (χ1) is 8.29. The zero-order valence-electron chi connectivity index (χ0n) is 11.9. The van der Waals surface area contributed by atoms with Gasteiger partial charge in [0.15, 0.2) is 0 Å². The van der Waals surface area contributed by atoms with E-state index in [0.717, 1.165) is 19.4 Å². The van der Waals surface area contributed by atoms with E-state index in [1.807, 2.05) is 20.8 Å². The molecule has 0 aromatic heterocycles. The molecule has 0 spiro atoms. The molecule has 1 heterocycles. The number of rotatable bonds is 4. The van der Waals surface area contributed by atoms with E-state index in [9.17, 15) is 9.90 Å². The van der Waals surface area contributed by atoms with Gasteiger partial charge in [-0.15, -0.1) is 0 Å². The van der Waals surface area contributed by atoms with Gasteiger partial charge < -0.3 is 20.1 Å². The Balaban J connectivity index is 2.41. The van der Waals surface area contributed by atoms with Crippen LogP contribution in [0.3, 0.4) is 0 Å². The minimum atomic E-state index is -0.447. The maximum absolute atomic E-state index is 12.0. The molecule has 106 valence electrons. The Morgan fingerprint density at radius 3 is 2.78 bits per heavy atom. The van der Waals surface area contributed by atoms with Crippen molar-refractivity contribution in [3.63, 3.8) is 0 Å². The van der Waals surface area contributed by atoms with E-state index < -0.39 is 5.60 Å². The molecule has 1 rings (SSSR count). The fraction of sp³-hybridized carbons (Fsp3) is 0.923. The van der Waals surface area contributed by atoms with Crippen LogP contribution in [0.5, 0.6) is 0 Å². The van der Waals surface area contributed by atoms with Crippen molar-refractivity contribution in [3.8, 4) is 0 Å². The van der Waals surface area contributed by atoms with Crippen molar-refractivity contribution in [1.29, 1.82) is 0 Å².